The van der Waals surface area contributed by atoms with E-state index in [0.29, 0.717) is 11.6 Å². The van der Waals surface area contributed by atoms with Crippen molar-refractivity contribution in [3.63, 3.8) is 0 Å². The molecule has 0 fully saturated rings. The molecule has 7 heteroatoms. The van der Waals surface area contributed by atoms with Crippen molar-refractivity contribution in [2.24, 2.45) is 0 Å². The first-order valence-electron chi connectivity index (χ1n) is 6.08. The number of halogens is 5. The molecule has 1 aromatic carbocycles. The third-order valence-electron chi connectivity index (χ3n) is 2.47. The lowest BCUT2D eigenvalue weighted by atomic mass is 10.1. The molecule has 0 amide bonds. The number of alkyl halides is 5. The number of ketones is 1. The Labute approximate surface area is 118 Å². The molecule has 0 aliphatic rings. The van der Waals surface area contributed by atoms with E-state index in [2.05, 4.69) is 5.32 Å². The molecular weight excluding hydrogens is 293 g/mol. The second kappa shape index (κ2) is 6.24. The fourth-order valence-electron chi connectivity index (χ4n) is 1.50. The summed E-state index contributed by atoms with van der Waals surface area (Å²) in [5.41, 5.74) is 0.261. The molecule has 0 spiro atoms. The van der Waals surface area contributed by atoms with Crippen LogP contribution in [0.1, 0.15) is 19.4 Å². The Morgan fingerprint density at radius 1 is 1.10 bits per heavy atom. The van der Waals surface area contributed by atoms with E-state index in [9.17, 15) is 26.7 Å². The second-order valence-electron chi connectivity index (χ2n) is 4.66. The van der Waals surface area contributed by atoms with Gasteiger partial charge >= 0.3 is 12.1 Å². The molecule has 0 bridgehead atoms. The van der Waals surface area contributed by atoms with Crippen molar-refractivity contribution >= 4 is 11.5 Å². The molecular formula is C14H14F5NO. The summed E-state index contributed by atoms with van der Waals surface area (Å²) >= 11 is 0. The van der Waals surface area contributed by atoms with Crippen molar-refractivity contribution in [1.82, 2.24) is 5.32 Å². The van der Waals surface area contributed by atoms with Crippen molar-refractivity contribution in [3.05, 3.63) is 42.0 Å². The number of hydrogen-bond acceptors (Lipinski definition) is 2. The molecule has 0 aliphatic carbocycles. The third-order valence-corrected chi connectivity index (χ3v) is 2.47. The fourth-order valence-corrected chi connectivity index (χ4v) is 1.50. The summed E-state index contributed by atoms with van der Waals surface area (Å²) in [6, 6.07) is 7.57. The fraction of sp³-hybridized carbons (Fsp3) is 0.357. The molecule has 1 aromatic rings. The average Bonchev–Trinajstić information content (AvgIpc) is 2.37. The van der Waals surface area contributed by atoms with Gasteiger partial charge < -0.3 is 5.32 Å². The number of nitrogens with one attached hydrogen (secondary N) is 1. The molecule has 0 aromatic heterocycles. The summed E-state index contributed by atoms with van der Waals surface area (Å²) in [5, 5.41) is 2.69. The van der Waals surface area contributed by atoms with Crippen LogP contribution in [0.5, 0.6) is 0 Å². The predicted molar refractivity (Wildman–Crippen MR) is 68.7 cm³/mol. The van der Waals surface area contributed by atoms with Crippen LogP contribution in [-0.2, 0) is 4.79 Å². The third kappa shape index (κ3) is 4.27. The molecule has 1 N–H and O–H groups in total. The first kappa shape index (κ1) is 17.1. The molecule has 0 saturated heterocycles. The molecule has 0 radical (unpaired) electrons. The highest BCUT2D eigenvalue weighted by Gasteiger charge is 2.62. The highest BCUT2D eigenvalue weighted by atomic mass is 19.4. The SMILES string of the molecule is CC(C)N/C(=C\C(=O)C(F)(F)C(F)(F)F)c1ccccc1. The topological polar surface area (TPSA) is 29.1 Å². The Kier molecular flexibility index (Phi) is 5.09. The van der Waals surface area contributed by atoms with Crippen LogP contribution in [0, 0.1) is 0 Å². The number of carbonyl (C=O) groups excluding carboxylic acids is 1. The minimum absolute atomic E-state index is 0.0838. The van der Waals surface area contributed by atoms with Crippen LogP contribution in [-0.4, -0.2) is 23.9 Å². The Balaban J connectivity index is 3.18. The Morgan fingerprint density at radius 3 is 2.05 bits per heavy atom. The molecule has 0 atom stereocenters. The lowest BCUT2D eigenvalue weighted by Crippen LogP contribution is -2.43. The van der Waals surface area contributed by atoms with Crippen LogP contribution in [0.15, 0.2) is 36.4 Å². The van der Waals surface area contributed by atoms with Gasteiger partial charge in [0.25, 0.3) is 0 Å². The number of rotatable bonds is 5. The zero-order chi connectivity index (χ0) is 16.3. The van der Waals surface area contributed by atoms with Gasteiger partial charge in [-0.2, -0.15) is 22.0 Å². The molecule has 0 unspecified atom stereocenters. The summed E-state index contributed by atoms with van der Waals surface area (Å²) in [7, 11) is 0. The van der Waals surface area contributed by atoms with Gasteiger partial charge in [-0.25, -0.2) is 0 Å². The number of hydrogen-bond donors (Lipinski definition) is 1. The number of carbonyl (C=O) groups is 1. The maximum absolute atomic E-state index is 13.0. The van der Waals surface area contributed by atoms with Crippen LogP contribution in [0.25, 0.3) is 5.70 Å². The Morgan fingerprint density at radius 2 is 1.62 bits per heavy atom. The minimum atomic E-state index is -5.92. The monoisotopic (exact) mass is 307 g/mol. The van der Waals surface area contributed by atoms with E-state index in [1.54, 1.807) is 32.0 Å². The largest absolute Gasteiger partial charge is 0.461 e. The van der Waals surface area contributed by atoms with Crippen molar-refractivity contribution in [2.45, 2.75) is 32.0 Å². The van der Waals surface area contributed by atoms with Crippen molar-refractivity contribution < 1.29 is 26.7 Å². The number of benzene rings is 1. The Hall–Kier alpha value is -1.92. The molecule has 21 heavy (non-hydrogen) atoms. The van der Waals surface area contributed by atoms with E-state index in [1.807, 2.05) is 0 Å². The highest BCUT2D eigenvalue weighted by Crippen LogP contribution is 2.36. The van der Waals surface area contributed by atoms with E-state index >= 15 is 0 Å². The lowest BCUT2D eigenvalue weighted by Gasteiger charge is -2.19. The van der Waals surface area contributed by atoms with Gasteiger partial charge in [-0.15, -0.1) is 0 Å². The maximum atomic E-state index is 13.0. The maximum Gasteiger partial charge on any atom is 0.461 e. The van der Waals surface area contributed by atoms with Gasteiger partial charge in [0.2, 0.25) is 5.78 Å². The van der Waals surface area contributed by atoms with Gasteiger partial charge in [0.1, 0.15) is 0 Å². The van der Waals surface area contributed by atoms with Gasteiger partial charge in [-0.3, -0.25) is 4.79 Å². The minimum Gasteiger partial charge on any atom is -0.382 e. The van der Waals surface area contributed by atoms with E-state index < -0.39 is 17.9 Å². The number of allylic oxidation sites excluding steroid dienone is 1. The van der Waals surface area contributed by atoms with Gasteiger partial charge in [0.05, 0.1) is 0 Å². The van der Waals surface area contributed by atoms with Crippen LogP contribution < -0.4 is 5.32 Å². The molecule has 1 rings (SSSR count). The van der Waals surface area contributed by atoms with Crippen molar-refractivity contribution in [3.8, 4) is 0 Å². The molecule has 116 valence electrons. The summed E-state index contributed by atoms with van der Waals surface area (Å²) in [5.74, 6) is -7.71. The van der Waals surface area contributed by atoms with Crippen LogP contribution in [0.3, 0.4) is 0 Å². The zero-order valence-electron chi connectivity index (χ0n) is 11.3. The lowest BCUT2D eigenvalue weighted by molar-refractivity contribution is -0.266. The van der Waals surface area contributed by atoms with Crippen LogP contribution >= 0.6 is 0 Å². The molecule has 0 saturated carbocycles. The van der Waals surface area contributed by atoms with Crippen LogP contribution in [0.4, 0.5) is 22.0 Å². The molecule has 0 aliphatic heterocycles. The van der Waals surface area contributed by atoms with Crippen LogP contribution in [0.2, 0.25) is 0 Å². The van der Waals surface area contributed by atoms with E-state index in [-0.39, 0.29) is 11.7 Å². The smallest absolute Gasteiger partial charge is 0.382 e. The molecule has 0 heterocycles. The van der Waals surface area contributed by atoms with Crippen molar-refractivity contribution in [2.75, 3.05) is 0 Å². The van der Waals surface area contributed by atoms with Crippen molar-refractivity contribution in [1.29, 1.82) is 0 Å². The van der Waals surface area contributed by atoms with Gasteiger partial charge in [-0.1, -0.05) is 30.3 Å². The van der Waals surface area contributed by atoms with E-state index in [4.69, 9.17) is 0 Å². The summed E-state index contributed by atoms with van der Waals surface area (Å²) in [4.78, 5) is 11.3. The Bertz CT molecular complexity index is 520. The highest BCUT2D eigenvalue weighted by molar-refractivity contribution is 6.01. The predicted octanol–water partition coefficient (Wildman–Crippen LogP) is 3.79. The van der Waals surface area contributed by atoms with E-state index in [0.717, 1.165) is 0 Å². The quantitative estimate of drug-likeness (QED) is 0.662. The van der Waals surface area contributed by atoms with Gasteiger partial charge in [-0.05, 0) is 19.4 Å². The summed E-state index contributed by atoms with van der Waals surface area (Å²) in [6.45, 7) is 3.34. The summed E-state index contributed by atoms with van der Waals surface area (Å²) < 4.78 is 62.5. The van der Waals surface area contributed by atoms with Gasteiger partial charge in [0, 0.05) is 17.8 Å². The summed E-state index contributed by atoms with van der Waals surface area (Å²) in [6.07, 6.45) is -5.62. The molecule has 2 nitrogen and oxygen atoms in total. The first-order chi connectivity index (χ1) is 9.55. The zero-order valence-corrected chi connectivity index (χ0v) is 11.3. The standard InChI is InChI=1S/C14H14F5NO/c1-9(2)20-11(10-6-4-3-5-7-10)8-12(21)13(15,16)14(17,18)19/h3-9,20H,1-2H3/b11-8-. The first-order valence-corrected chi connectivity index (χ1v) is 6.08. The normalized spacial score (nSPS) is 13.4. The average molecular weight is 307 g/mol. The van der Waals surface area contributed by atoms with Gasteiger partial charge in [0.15, 0.2) is 0 Å². The second-order valence-corrected chi connectivity index (χ2v) is 4.66. The van der Waals surface area contributed by atoms with E-state index in [1.165, 1.54) is 12.1 Å².